The summed E-state index contributed by atoms with van der Waals surface area (Å²) < 4.78 is 6.23. The van der Waals surface area contributed by atoms with Gasteiger partial charge in [-0.2, -0.15) is 0 Å². The van der Waals surface area contributed by atoms with E-state index in [4.69, 9.17) is 4.42 Å². The van der Waals surface area contributed by atoms with E-state index in [1.165, 1.54) is 88.7 Å². The molecule has 2 aliphatic rings. The van der Waals surface area contributed by atoms with Crippen molar-refractivity contribution in [1.82, 2.24) is 0 Å². The molecule has 0 aliphatic heterocycles. The zero-order chi connectivity index (χ0) is 44.6. The van der Waals surface area contributed by atoms with Gasteiger partial charge in [-0.15, -0.1) is 0 Å². The lowest BCUT2D eigenvalue weighted by Gasteiger charge is -2.23. The van der Waals surface area contributed by atoms with Gasteiger partial charge >= 0.3 is 0 Å². The van der Waals surface area contributed by atoms with Crippen LogP contribution in [-0.4, -0.2) is 0 Å². The molecule has 0 bridgehead atoms. The van der Waals surface area contributed by atoms with Gasteiger partial charge in [0.2, 0.25) is 0 Å². The van der Waals surface area contributed by atoms with Crippen LogP contribution in [0.2, 0.25) is 0 Å². The molecule has 1 N–H and O–H groups in total. The maximum atomic E-state index is 6.23. The number of rotatable bonds is 5. The molecule has 1 aromatic heterocycles. The first-order valence-electron chi connectivity index (χ1n) is 23.1. The van der Waals surface area contributed by atoms with Crippen molar-refractivity contribution in [1.29, 1.82) is 0 Å². The highest BCUT2D eigenvalue weighted by molar-refractivity contribution is 6.06. The van der Waals surface area contributed by atoms with Crippen molar-refractivity contribution in [3.8, 4) is 55.6 Å². The number of para-hydroxylation sites is 1. The van der Waals surface area contributed by atoms with Crippen molar-refractivity contribution in [2.24, 2.45) is 0 Å². The Kier molecular flexibility index (Phi) is 9.22. The van der Waals surface area contributed by atoms with Gasteiger partial charge in [-0.25, -0.2) is 0 Å². The van der Waals surface area contributed by atoms with Crippen LogP contribution >= 0.6 is 0 Å². The molecule has 0 fully saturated rings. The Balaban J connectivity index is 0.000000240. The number of furan rings is 1. The molecule has 316 valence electrons. The lowest BCUT2D eigenvalue weighted by atomic mass is 9.81. The number of benzene rings is 10. The summed E-state index contributed by atoms with van der Waals surface area (Å²) in [7, 11) is 0. The van der Waals surface area contributed by atoms with Gasteiger partial charge in [0.05, 0.1) is 0 Å². The Morgan fingerprint density at radius 3 is 1.39 bits per heavy atom. The summed E-state index contributed by atoms with van der Waals surface area (Å²) in [6.45, 7) is 9.42. The third kappa shape index (κ3) is 6.55. The van der Waals surface area contributed by atoms with Crippen LogP contribution in [0.15, 0.2) is 223 Å². The van der Waals surface area contributed by atoms with Crippen LogP contribution in [0.3, 0.4) is 0 Å². The molecule has 10 aromatic carbocycles. The van der Waals surface area contributed by atoms with Gasteiger partial charge in [0.25, 0.3) is 0 Å². The normalized spacial score (nSPS) is 13.7. The molecule has 0 amide bonds. The summed E-state index contributed by atoms with van der Waals surface area (Å²) in [5.41, 5.74) is 22.1. The van der Waals surface area contributed by atoms with E-state index in [-0.39, 0.29) is 10.8 Å². The average molecular weight is 848 g/mol. The Hall–Kier alpha value is -7.94. The van der Waals surface area contributed by atoms with Crippen LogP contribution in [0.5, 0.6) is 0 Å². The quantitative estimate of drug-likeness (QED) is 0.187. The van der Waals surface area contributed by atoms with E-state index in [9.17, 15) is 0 Å². The zero-order valence-electron chi connectivity index (χ0n) is 37.7. The van der Waals surface area contributed by atoms with Gasteiger partial charge in [0.15, 0.2) is 0 Å². The number of fused-ring (bicyclic) bond motifs is 10. The van der Waals surface area contributed by atoms with Crippen LogP contribution < -0.4 is 5.32 Å². The highest BCUT2D eigenvalue weighted by Gasteiger charge is 2.37. The second kappa shape index (κ2) is 15.4. The molecule has 0 saturated carbocycles. The largest absolute Gasteiger partial charge is 0.456 e. The summed E-state index contributed by atoms with van der Waals surface area (Å²) in [6, 6.07) is 78.7. The van der Waals surface area contributed by atoms with Gasteiger partial charge in [0.1, 0.15) is 11.2 Å². The third-order valence-electron chi connectivity index (χ3n) is 14.3. The van der Waals surface area contributed by atoms with Crippen LogP contribution in [0, 0.1) is 0 Å². The molecule has 0 atom stereocenters. The fourth-order valence-electron chi connectivity index (χ4n) is 10.8. The Morgan fingerprint density at radius 1 is 0.303 bits per heavy atom. The number of hydrogen-bond acceptors (Lipinski definition) is 2. The molecule has 13 rings (SSSR count). The molecular formula is C64H49NO. The predicted molar refractivity (Wildman–Crippen MR) is 279 cm³/mol. The maximum Gasteiger partial charge on any atom is 0.136 e. The van der Waals surface area contributed by atoms with Crippen molar-refractivity contribution in [3.63, 3.8) is 0 Å². The molecular weight excluding hydrogens is 799 g/mol. The number of anilines is 2. The Labute approximate surface area is 386 Å². The van der Waals surface area contributed by atoms with Gasteiger partial charge in [-0.05, 0) is 143 Å². The van der Waals surface area contributed by atoms with Crippen LogP contribution in [0.4, 0.5) is 11.4 Å². The van der Waals surface area contributed by atoms with E-state index >= 15 is 0 Å². The van der Waals surface area contributed by atoms with E-state index in [2.05, 4.69) is 239 Å². The Morgan fingerprint density at radius 2 is 0.758 bits per heavy atom. The Bertz CT molecular complexity index is 3660. The maximum absolute atomic E-state index is 6.23. The van der Waals surface area contributed by atoms with E-state index < -0.39 is 0 Å². The topological polar surface area (TPSA) is 25.2 Å². The third-order valence-corrected chi connectivity index (χ3v) is 14.3. The fraction of sp³-hybridized carbons (Fsp3) is 0.0938. The summed E-state index contributed by atoms with van der Waals surface area (Å²) in [4.78, 5) is 0. The van der Waals surface area contributed by atoms with E-state index in [0.717, 1.165) is 33.3 Å². The first-order chi connectivity index (χ1) is 32.2. The monoisotopic (exact) mass is 847 g/mol. The second-order valence-electron chi connectivity index (χ2n) is 19.0. The molecule has 2 nitrogen and oxygen atoms in total. The average Bonchev–Trinajstić information content (AvgIpc) is 3.93. The minimum Gasteiger partial charge on any atom is -0.456 e. The first kappa shape index (κ1) is 39.6. The minimum absolute atomic E-state index is 0.0959. The fourth-order valence-corrected chi connectivity index (χ4v) is 10.8. The highest BCUT2D eigenvalue weighted by Crippen LogP contribution is 2.52. The molecule has 2 heteroatoms. The summed E-state index contributed by atoms with van der Waals surface area (Å²) in [6.07, 6.45) is 0. The molecule has 0 saturated heterocycles. The van der Waals surface area contributed by atoms with E-state index in [0.29, 0.717) is 0 Å². The summed E-state index contributed by atoms with van der Waals surface area (Å²) in [5, 5.41) is 8.72. The predicted octanol–water partition coefficient (Wildman–Crippen LogP) is 17.8. The molecule has 0 radical (unpaired) electrons. The van der Waals surface area contributed by atoms with Crippen LogP contribution in [0.25, 0.3) is 88.3 Å². The van der Waals surface area contributed by atoms with Crippen molar-refractivity contribution >= 4 is 44.1 Å². The smallest absolute Gasteiger partial charge is 0.136 e. The minimum atomic E-state index is -0.139. The molecule has 66 heavy (non-hydrogen) atoms. The molecule has 1 heterocycles. The number of nitrogens with one attached hydrogen (secondary N) is 1. The zero-order valence-corrected chi connectivity index (χ0v) is 37.7. The summed E-state index contributed by atoms with van der Waals surface area (Å²) >= 11 is 0. The lowest BCUT2D eigenvalue weighted by Crippen LogP contribution is -2.15. The highest BCUT2D eigenvalue weighted by atomic mass is 16.3. The SMILES string of the molecule is CC1(C)c2cc(Nc3ccc4c(c3)C(C)(C)c3cc(-c5ccc6c(c5)oc5ccccc56)ccc3-4)ccc2-c2ccc(-c3ccccc3)cc21.c1ccc(-c2cccc3ccccc23)cc1. The molecule has 2 aliphatic carbocycles. The van der Waals surface area contributed by atoms with Gasteiger partial charge < -0.3 is 9.73 Å². The van der Waals surface area contributed by atoms with Crippen molar-refractivity contribution in [2.75, 3.05) is 5.32 Å². The van der Waals surface area contributed by atoms with Crippen molar-refractivity contribution in [2.45, 2.75) is 38.5 Å². The standard InChI is InChI=1S/C48H37NO.C16H12/c1-47(2)41-24-30(29-10-6-5-7-11-29)14-19-35(41)37-22-17-33(27-43(37)47)49-34-18-23-38-36-20-15-31(25-42(36)48(3,4)44(38)28-34)32-16-21-40-39-12-8-9-13-45(39)50-46(40)26-32;1-2-7-13(8-3-1)16-12-6-10-14-9-4-5-11-15(14)16/h5-28,49H,1-4H3;1-12H. The van der Waals surface area contributed by atoms with Crippen molar-refractivity contribution in [3.05, 3.63) is 241 Å². The van der Waals surface area contributed by atoms with Crippen LogP contribution in [-0.2, 0) is 10.8 Å². The van der Waals surface area contributed by atoms with Gasteiger partial charge in [-0.3, -0.25) is 0 Å². The molecule has 11 aromatic rings. The van der Waals surface area contributed by atoms with E-state index in [1.807, 2.05) is 12.1 Å². The number of hydrogen-bond donors (Lipinski definition) is 1. The second-order valence-corrected chi connectivity index (χ2v) is 19.0. The molecule has 0 spiro atoms. The summed E-state index contributed by atoms with van der Waals surface area (Å²) in [5.74, 6) is 0. The van der Waals surface area contributed by atoms with Crippen LogP contribution in [0.1, 0.15) is 49.9 Å². The first-order valence-corrected chi connectivity index (χ1v) is 23.1. The lowest BCUT2D eigenvalue weighted by molar-refractivity contribution is 0.660. The molecule has 0 unspecified atom stereocenters. The van der Waals surface area contributed by atoms with Gasteiger partial charge in [-0.1, -0.05) is 191 Å². The van der Waals surface area contributed by atoms with E-state index in [1.54, 1.807) is 0 Å². The van der Waals surface area contributed by atoms with Crippen molar-refractivity contribution < 1.29 is 4.42 Å². The van der Waals surface area contributed by atoms with Gasteiger partial charge in [0, 0.05) is 33.0 Å².